The molecule has 0 unspecified atom stereocenters. The first-order valence-electron chi connectivity index (χ1n) is 6.38. The van der Waals surface area contributed by atoms with Crippen LogP contribution in [0.15, 0.2) is 36.0 Å². The maximum atomic E-state index is 13.2. The van der Waals surface area contributed by atoms with E-state index in [-0.39, 0.29) is 0 Å². The van der Waals surface area contributed by atoms with E-state index in [1.165, 1.54) is 6.07 Å². The second-order valence-electron chi connectivity index (χ2n) is 4.96. The van der Waals surface area contributed by atoms with Crippen LogP contribution in [0.25, 0.3) is 6.08 Å². The molecule has 0 aliphatic heterocycles. The third-order valence-corrected chi connectivity index (χ3v) is 3.41. The van der Waals surface area contributed by atoms with E-state index in [0.29, 0.717) is 24.0 Å². The van der Waals surface area contributed by atoms with Crippen molar-refractivity contribution in [1.29, 1.82) is 0 Å². The molecule has 106 valence electrons. The van der Waals surface area contributed by atoms with Crippen molar-refractivity contribution >= 4 is 12.0 Å². The van der Waals surface area contributed by atoms with E-state index < -0.39 is 17.6 Å². The lowest BCUT2D eigenvalue weighted by Gasteiger charge is -2.05. The normalized spacial score (nSPS) is 13.0. The van der Waals surface area contributed by atoms with Crippen molar-refractivity contribution in [3.63, 3.8) is 0 Å². The third-order valence-electron chi connectivity index (χ3n) is 3.41. The Bertz CT molecular complexity index is 769. The van der Waals surface area contributed by atoms with Crippen molar-refractivity contribution in [2.45, 2.75) is 12.8 Å². The van der Waals surface area contributed by atoms with Crippen LogP contribution in [0.3, 0.4) is 0 Å². The fourth-order valence-electron chi connectivity index (χ4n) is 2.37. The summed E-state index contributed by atoms with van der Waals surface area (Å²) in [6, 6.07) is 5.60. The van der Waals surface area contributed by atoms with E-state index in [1.807, 2.05) is 6.07 Å². The molecule has 2 aromatic rings. The molecule has 21 heavy (non-hydrogen) atoms. The Morgan fingerprint density at radius 1 is 1.19 bits per heavy atom. The minimum absolute atomic E-state index is 0.308. The maximum Gasteiger partial charge on any atom is 0.331 e. The van der Waals surface area contributed by atoms with E-state index in [2.05, 4.69) is 4.98 Å². The molecule has 0 amide bonds. The van der Waals surface area contributed by atoms with E-state index >= 15 is 0 Å². The van der Waals surface area contributed by atoms with Gasteiger partial charge in [-0.2, -0.15) is 0 Å². The zero-order chi connectivity index (χ0) is 15.0. The summed E-state index contributed by atoms with van der Waals surface area (Å²) in [5.74, 6) is -2.70. The highest BCUT2D eigenvalue weighted by Gasteiger charge is 2.19. The number of benzene rings is 1. The molecule has 3 nitrogen and oxygen atoms in total. The van der Waals surface area contributed by atoms with Gasteiger partial charge in [-0.3, -0.25) is 4.98 Å². The fourth-order valence-corrected chi connectivity index (χ4v) is 2.37. The molecular formula is C16H11F2NO2. The van der Waals surface area contributed by atoms with Crippen molar-refractivity contribution < 1.29 is 18.7 Å². The number of rotatable bonds is 3. The number of carboxylic acid groups (broad SMARTS) is 1. The van der Waals surface area contributed by atoms with E-state index in [0.717, 1.165) is 29.0 Å². The molecule has 1 N–H and O–H groups in total. The Morgan fingerprint density at radius 3 is 2.71 bits per heavy atom. The van der Waals surface area contributed by atoms with Crippen LogP contribution in [-0.4, -0.2) is 16.1 Å². The van der Waals surface area contributed by atoms with Gasteiger partial charge >= 0.3 is 5.97 Å². The molecule has 1 aliphatic rings. The van der Waals surface area contributed by atoms with Gasteiger partial charge < -0.3 is 5.11 Å². The monoisotopic (exact) mass is 287 g/mol. The first-order chi connectivity index (χ1) is 10.0. The van der Waals surface area contributed by atoms with Crippen LogP contribution < -0.4 is 0 Å². The van der Waals surface area contributed by atoms with Crippen molar-refractivity contribution in [1.82, 2.24) is 4.98 Å². The van der Waals surface area contributed by atoms with Crippen LogP contribution in [0.5, 0.6) is 0 Å². The number of aliphatic carboxylic acids is 1. The Kier molecular flexibility index (Phi) is 3.25. The van der Waals surface area contributed by atoms with Gasteiger partial charge in [-0.25, -0.2) is 13.6 Å². The smallest absolute Gasteiger partial charge is 0.331 e. The zero-order valence-electron chi connectivity index (χ0n) is 10.9. The molecule has 5 heteroatoms. The molecule has 0 saturated carbocycles. The molecule has 0 saturated heterocycles. The summed E-state index contributed by atoms with van der Waals surface area (Å²) in [5.41, 5.74) is 3.26. The van der Waals surface area contributed by atoms with Gasteiger partial charge in [0.2, 0.25) is 0 Å². The van der Waals surface area contributed by atoms with E-state index in [4.69, 9.17) is 5.11 Å². The number of hydrogen-bond donors (Lipinski definition) is 1. The summed E-state index contributed by atoms with van der Waals surface area (Å²) in [4.78, 5) is 15.2. The molecule has 0 bridgehead atoms. The standard InChI is InChI=1S/C16H11F2NO2/c17-13-2-1-9(5-14(13)18)3-10-4-11-6-12(16(20)21)7-15(11)19-8-10/h1-2,4-6,8H,3,7H2,(H,20,21). The largest absolute Gasteiger partial charge is 0.478 e. The summed E-state index contributed by atoms with van der Waals surface area (Å²) in [5, 5.41) is 8.97. The van der Waals surface area contributed by atoms with Crippen LogP contribution in [-0.2, 0) is 17.6 Å². The zero-order valence-corrected chi connectivity index (χ0v) is 10.9. The molecule has 1 aliphatic carbocycles. The topological polar surface area (TPSA) is 50.2 Å². The van der Waals surface area contributed by atoms with Gasteiger partial charge in [0.15, 0.2) is 11.6 Å². The highest BCUT2D eigenvalue weighted by atomic mass is 19.2. The quantitative estimate of drug-likeness (QED) is 0.944. The average Bonchev–Trinajstić information content (AvgIpc) is 2.86. The number of aromatic nitrogens is 1. The first-order valence-corrected chi connectivity index (χ1v) is 6.38. The predicted octanol–water partition coefficient (Wildman–Crippen LogP) is 2.97. The highest BCUT2D eigenvalue weighted by molar-refractivity contribution is 5.95. The van der Waals surface area contributed by atoms with Gasteiger partial charge in [-0.15, -0.1) is 0 Å². The summed E-state index contributed by atoms with van der Waals surface area (Å²) in [6.07, 6.45) is 3.96. The molecule has 1 heterocycles. The van der Waals surface area contributed by atoms with Crippen LogP contribution in [0.2, 0.25) is 0 Å². The van der Waals surface area contributed by atoms with Crippen molar-refractivity contribution in [3.05, 3.63) is 70.1 Å². The van der Waals surface area contributed by atoms with Crippen LogP contribution in [0, 0.1) is 11.6 Å². The number of pyridine rings is 1. The average molecular weight is 287 g/mol. The Balaban J connectivity index is 1.86. The predicted molar refractivity (Wildman–Crippen MR) is 72.7 cm³/mol. The second-order valence-corrected chi connectivity index (χ2v) is 4.96. The lowest BCUT2D eigenvalue weighted by atomic mass is 10.0. The minimum Gasteiger partial charge on any atom is -0.478 e. The fraction of sp³-hybridized carbons (Fsp3) is 0.125. The van der Waals surface area contributed by atoms with Gasteiger partial charge in [-0.05, 0) is 47.4 Å². The summed E-state index contributed by atoms with van der Waals surface area (Å²) in [6.45, 7) is 0. The number of carbonyl (C=O) groups is 1. The number of halogens is 2. The van der Waals surface area contributed by atoms with Gasteiger partial charge in [0, 0.05) is 18.2 Å². The summed E-state index contributed by atoms with van der Waals surface area (Å²) in [7, 11) is 0. The SMILES string of the molecule is O=C(O)C1=Cc2cc(Cc3ccc(F)c(F)c3)cnc2C1. The van der Waals surface area contributed by atoms with Crippen LogP contribution in [0.1, 0.15) is 22.4 Å². The molecule has 0 radical (unpaired) electrons. The van der Waals surface area contributed by atoms with E-state index in [1.54, 1.807) is 12.3 Å². The number of carboxylic acids is 1. The highest BCUT2D eigenvalue weighted by Crippen LogP contribution is 2.25. The van der Waals surface area contributed by atoms with Crippen LogP contribution >= 0.6 is 0 Å². The van der Waals surface area contributed by atoms with Crippen molar-refractivity contribution in [2.75, 3.05) is 0 Å². The second kappa shape index (κ2) is 5.09. The molecule has 3 rings (SSSR count). The summed E-state index contributed by atoms with van der Waals surface area (Å²) >= 11 is 0. The van der Waals surface area contributed by atoms with Crippen LogP contribution in [0.4, 0.5) is 8.78 Å². The molecule has 1 aromatic heterocycles. The Labute approximate surface area is 119 Å². The molecule has 0 atom stereocenters. The molecule has 0 fully saturated rings. The molecule has 1 aromatic carbocycles. The molecule has 0 spiro atoms. The summed E-state index contributed by atoms with van der Waals surface area (Å²) < 4.78 is 26.1. The third kappa shape index (κ3) is 2.67. The van der Waals surface area contributed by atoms with Gasteiger partial charge in [0.05, 0.1) is 5.69 Å². The maximum absolute atomic E-state index is 13.2. The lowest BCUT2D eigenvalue weighted by molar-refractivity contribution is -0.132. The van der Waals surface area contributed by atoms with Gasteiger partial charge in [0.1, 0.15) is 0 Å². The Hall–Kier alpha value is -2.56. The van der Waals surface area contributed by atoms with Crippen molar-refractivity contribution in [2.24, 2.45) is 0 Å². The molecular weight excluding hydrogens is 276 g/mol. The number of fused-ring (bicyclic) bond motifs is 1. The first kappa shape index (κ1) is 13.4. The Morgan fingerprint density at radius 2 is 2.00 bits per heavy atom. The lowest BCUT2D eigenvalue weighted by Crippen LogP contribution is -2.00. The number of hydrogen-bond acceptors (Lipinski definition) is 2. The van der Waals surface area contributed by atoms with Gasteiger partial charge in [0.25, 0.3) is 0 Å². The van der Waals surface area contributed by atoms with Crippen molar-refractivity contribution in [3.8, 4) is 0 Å². The van der Waals surface area contributed by atoms with Gasteiger partial charge in [-0.1, -0.05) is 6.07 Å². The number of nitrogens with zero attached hydrogens (tertiary/aromatic N) is 1. The minimum atomic E-state index is -0.949. The van der Waals surface area contributed by atoms with E-state index in [9.17, 15) is 13.6 Å².